The first-order chi connectivity index (χ1) is 7.13. The van der Waals surface area contributed by atoms with Crippen LogP contribution in [-0.4, -0.2) is 15.8 Å². The summed E-state index contributed by atoms with van der Waals surface area (Å²) in [6.45, 7) is 3.91. The summed E-state index contributed by atoms with van der Waals surface area (Å²) in [4.78, 5) is 14.9. The molecule has 0 radical (unpaired) electrons. The normalized spacial score (nSPS) is 11.2. The Morgan fingerprint density at radius 2 is 2.20 bits per heavy atom. The van der Waals surface area contributed by atoms with Gasteiger partial charge in [0, 0.05) is 12.1 Å². The van der Waals surface area contributed by atoms with Crippen molar-refractivity contribution >= 4 is 17.3 Å². The molecule has 1 aromatic carbocycles. The molecule has 0 aliphatic rings. The third-order valence-electron chi connectivity index (χ3n) is 2.30. The van der Waals surface area contributed by atoms with Crippen LogP contribution in [0.5, 0.6) is 0 Å². The Hall–Kier alpha value is -1.71. The van der Waals surface area contributed by atoms with E-state index in [0.717, 1.165) is 5.52 Å². The molecule has 4 heteroatoms. The maximum atomic E-state index is 12.9. The van der Waals surface area contributed by atoms with E-state index in [9.17, 15) is 9.18 Å². The average molecular weight is 206 g/mol. The van der Waals surface area contributed by atoms with E-state index >= 15 is 0 Å². The molecule has 1 aromatic heterocycles. The molecule has 0 N–H and O–H groups in total. The fourth-order valence-electron chi connectivity index (χ4n) is 1.72. The summed E-state index contributed by atoms with van der Waals surface area (Å²) >= 11 is 0. The number of fused-ring (bicyclic) bond motifs is 1. The van der Waals surface area contributed by atoms with E-state index in [-0.39, 0.29) is 11.9 Å². The van der Waals surface area contributed by atoms with Gasteiger partial charge in [0.1, 0.15) is 5.82 Å². The van der Waals surface area contributed by atoms with E-state index in [4.69, 9.17) is 0 Å². The maximum absolute atomic E-state index is 12.9. The van der Waals surface area contributed by atoms with Crippen molar-refractivity contribution < 1.29 is 9.18 Å². The number of rotatable bonds is 2. The van der Waals surface area contributed by atoms with Crippen molar-refractivity contribution in [1.82, 2.24) is 9.55 Å². The van der Waals surface area contributed by atoms with Crippen molar-refractivity contribution in [3.05, 3.63) is 29.8 Å². The zero-order chi connectivity index (χ0) is 11.0. The minimum absolute atomic E-state index is 0.126. The van der Waals surface area contributed by atoms with Gasteiger partial charge in [-0.25, -0.2) is 9.37 Å². The average Bonchev–Trinajstić information content (AvgIpc) is 2.54. The van der Waals surface area contributed by atoms with Gasteiger partial charge in [-0.3, -0.25) is 4.79 Å². The van der Waals surface area contributed by atoms with Crippen LogP contribution in [0, 0.1) is 5.82 Å². The highest BCUT2D eigenvalue weighted by molar-refractivity contribution is 5.83. The van der Waals surface area contributed by atoms with Gasteiger partial charge >= 0.3 is 0 Å². The maximum Gasteiger partial charge on any atom is 0.185 e. The monoisotopic (exact) mass is 206 g/mol. The van der Waals surface area contributed by atoms with Crippen molar-refractivity contribution in [2.75, 3.05) is 0 Å². The first kappa shape index (κ1) is 9.83. The molecule has 0 spiro atoms. The van der Waals surface area contributed by atoms with E-state index in [1.165, 1.54) is 12.1 Å². The first-order valence-corrected chi connectivity index (χ1v) is 4.76. The third-order valence-corrected chi connectivity index (χ3v) is 2.30. The fourth-order valence-corrected chi connectivity index (χ4v) is 1.72. The van der Waals surface area contributed by atoms with Gasteiger partial charge in [0.15, 0.2) is 12.1 Å². The van der Waals surface area contributed by atoms with Crippen LogP contribution in [-0.2, 0) is 0 Å². The van der Waals surface area contributed by atoms with Gasteiger partial charge in [-0.1, -0.05) is 0 Å². The van der Waals surface area contributed by atoms with Crippen LogP contribution in [0.1, 0.15) is 30.5 Å². The smallest absolute Gasteiger partial charge is 0.185 e. The van der Waals surface area contributed by atoms with Crippen LogP contribution in [0.3, 0.4) is 0 Å². The Morgan fingerprint density at radius 3 is 2.80 bits per heavy atom. The topological polar surface area (TPSA) is 34.9 Å². The summed E-state index contributed by atoms with van der Waals surface area (Å²) in [5.74, 6) is -0.000967. The minimum Gasteiger partial charge on any atom is -0.319 e. The summed E-state index contributed by atoms with van der Waals surface area (Å²) in [6.07, 6.45) is 0.692. The van der Waals surface area contributed by atoms with Crippen molar-refractivity contribution in [2.45, 2.75) is 19.9 Å². The minimum atomic E-state index is -0.339. The van der Waals surface area contributed by atoms with Crippen LogP contribution in [0.2, 0.25) is 0 Å². The molecule has 0 fully saturated rings. The first-order valence-electron chi connectivity index (χ1n) is 4.76. The number of carbonyl (C=O) groups excluding carboxylic acids is 1. The van der Waals surface area contributed by atoms with Crippen molar-refractivity contribution in [1.29, 1.82) is 0 Å². The van der Waals surface area contributed by atoms with Crippen LogP contribution < -0.4 is 0 Å². The molecule has 0 bridgehead atoms. The molecule has 0 amide bonds. The van der Waals surface area contributed by atoms with E-state index in [1.807, 2.05) is 13.8 Å². The van der Waals surface area contributed by atoms with Crippen LogP contribution in [0.4, 0.5) is 4.39 Å². The van der Waals surface area contributed by atoms with Crippen molar-refractivity contribution in [3.8, 4) is 0 Å². The van der Waals surface area contributed by atoms with Crippen LogP contribution in [0.25, 0.3) is 11.0 Å². The van der Waals surface area contributed by atoms with Gasteiger partial charge in [0.05, 0.1) is 11.0 Å². The molecule has 78 valence electrons. The van der Waals surface area contributed by atoms with E-state index < -0.39 is 0 Å². The second-order valence-electron chi connectivity index (χ2n) is 3.68. The molecule has 0 aliphatic carbocycles. The molecular weight excluding hydrogens is 195 g/mol. The Morgan fingerprint density at radius 1 is 1.47 bits per heavy atom. The highest BCUT2D eigenvalue weighted by Crippen LogP contribution is 2.20. The van der Waals surface area contributed by atoms with E-state index in [2.05, 4.69) is 4.98 Å². The molecule has 3 nitrogen and oxygen atoms in total. The molecule has 1 heterocycles. The number of aromatic nitrogens is 2. The van der Waals surface area contributed by atoms with Gasteiger partial charge in [-0.2, -0.15) is 0 Å². The molecule has 0 unspecified atom stereocenters. The molecule has 2 aromatic rings. The SMILES string of the molecule is CC(C)n1c(C=O)nc2cc(F)ccc21. The van der Waals surface area contributed by atoms with Gasteiger partial charge < -0.3 is 4.57 Å². The Bertz CT molecular complexity index is 517. The highest BCUT2D eigenvalue weighted by Gasteiger charge is 2.12. The Balaban J connectivity index is 2.80. The number of benzene rings is 1. The number of halogens is 1. The molecule has 2 rings (SSSR count). The highest BCUT2D eigenvalue weighted by atomic mass is 19.1. The lowest BCUT2D eigenvalue weighted by Crippen LogP contribution is -2.05. The largest absolute Gasteiger partial charge is 0.319 e. The Labute approximate surface area is 86.5 Å². The van der Waals surface area contributed by atoms with Crippen molar-refractivity contribution in [2.24, 2.45) is 0 Å². The number of aldehydes is 1. The zero-order valence-corrected chi connectivity index (χ0v) is 8.57. The quantitative estimate of drug-likeness (QED) is 0.708. The lowest BCUT2D eigenvalue weighted by Gasteiger charge is -2.09. The number of hydrogen-bond acceptors (Lipinski definition) is 2. The molecule has 15 heavy (non-hydrogen) atoms. The van der Waals surface area contributed by atoms with Crippen molar-refractivity contribution in [3.63, 3.8) is 0 Å². The van der Waals surface area contributed by atoms with Gasteiger partial charge in [0.2, 0.25) is 0 Å². The van der Waals surface area contributed by atoms with Crippen LogP contribution in [0.15, 0.2) is 18.2 Å². The molecule has 0 saturated carbocycles. The molecule has 0 saturated heterocycles. The number of hydrogen-bond donors (Lipinski definition) is 0. The predicted molar refractivity (Wildman–Crippen MR) is 55.5 cm³/mol. The standard InChI is InChI=1S/C11H11FN2O/c1-7(2)14-10-4-3-8(12)5-9(10)13-11(14)6-15/h3-7H,1-2H3. The van der Waals surface area contributed by atoms with Gasteiger partial charge in [0.25, 0.3) is 0 Å². The molecule has 0 atom stereocenters. The fraction of sp³-hybridized carbons (Fsp3) is 0.273. The molecule has 0 aliphatic heterocycles. The van der Waals surface area contributed by atoms with Crippen LogP contribution >= 0.6 is 0 Å². The summed E-state index contributed by atoms with van der Waals surface area (Å²) in [5.41, 5.74) is 1.30. The Kier molecular flexibility index (Phi) is 2.26. The van der Waals surface area contributed by atoms with Gasteiger partial charge in [-0.15, -0.1) is 0 Å². The summed E-state index contributed by atoms with van der Waals surface area (Å²) in [6, 6.07) is 4.48. The summed E-state index contributed by atoms with van der Waals surface area (Å²) in [5, 5.41) is 0. The third kappa shape index (κ3) is 1.52. The molecular formula is C11H11FN2O. The van der Waals surface area contributed by atoms with Gasteiger partial charge in [-0.05, 0) is 26.0 Å². The lowest BCUT2D eigenvalue weighted by atomic mass is 10.3. The number of carbonyl (C=O) groups is 1. The number of imidazole rings is 1. The zero-order valence-electron chi connectivity index (χ0n) is 8.57. The lowest BCUT2D eigenvalue weighted by molar-refractivity contribution is 0.111. The predicted octanol–water partition coefficient (Wildman–Crippen LogP) is 2.57. The summed E-state index contributed by atoms with van der Waals surface area (Å²) in [7, 11) is 0. The number of nitrogens with zero attached hydrogens (tertiary/aromatic N) is 2. The second-order valence-corrected chi connectivity index (χ2v) is 3.68. The summed E-state index contributed by atoms with van der Waals surface area (Å²) < 4.78 is 14.7. The van der Waals surface area contributed by atoms with E-state index in [0.29, 0.717) is 17.6 Å². The van der Waals surface area contributed by atoms with E-state index in [1.54, 1.807) is 10.6 Å². The second kappa shape index (κ2) is 3.46.